The quantitative estimate of drug-likeness (QED) is 0.480. The number of halogens is 4. The fourth-order valence-electron chi connectivity index (χ4n) is 1.21. The summed E-state index contributed by atoms with van der Waals surface area (Å²) in [6, 6.07) is 0. The van der Waals surface area contributed by atoms with E-state index in [0.29, 0.717) is 6.42 Å². The molecule has 0 aromatic carbocycles. The molecule has 0 amide bonds. The standard InChI is InChI=1S/C10H16F4O/c1-2-3-4-5-9(15)6-8(7-11)10(12,13)14/h8H,2-7H2,1H3. The zero-order valence-electron chi connectivity index (χ0n) is 8.74. The van der Waals surface area contributed by atoms with Gasteiger partial charge in [-0.15, -0.1) is 0 Å². The van der Waals surface area contributed by atoms with Crippen LogP contribution in [0.25, 0.3) is 0 Å². The van der Waals surface area contributed by atoms with Gasteiger partial charge in [-0.05, 0) is 6.42 Å². The number of Topliss-reactive ketones (excluding diaryl/α,β-unsaturated/α-hetero) is 1. The van der Waals surface area contributed by atoms with Crippen LogP contribution in [-0.2, 0) is 4.79 Å². The van der Waals surface area contributed by atoms with Gasteiger partial charge < -0.3 is 0 Å². The second-order valence-corrected chi connectivity index (χ2v) is 3.59. The predicted molar refractivity (Wildman–Crippen MR) is 49.3 cm³/mol. The van der Waals surface area contributed by atoms with E-state index in [1.54, 1.807) is 0 Å². The van der Waals surface area contributed by atoms with E-state index in [0.717, 1.165) is 12.8 Å². The van der Waals surface area contributed by atoms with Gasteiger partial charge in [0, 0.05) is 12.8 Å². The summed E-state index contributed by atoms with van der Waals surface area (Å²) in [6.07, 6.45) is -2.89. The largest absolute Gasteiger partial charge is 0.394 e. The number of alkyl halides is 4. The van der Waals surface area contributed by atoms with Crippen LogP contribution in [-0.4, -0.2) is 18.6 Å². The Kier molecular flexibility index (Phi) is 6.52. The van der Waals surface area contributed by atoms with Crippen LogP contribution in [0.3, 0.4) is 0 Å². The third-order valence-corrected chi connectivity index (χ3v) is 2.18. The molecule has 90 valence electrons. The van der Waals surface area contributed by atoms with E-state index in [9.17, 15) is 22.4 Å². The molecule has 0 aromatic heterocycles. The summed E-state index contributed by atoms with van der Waals surface area (Å²) in [5, 5.41) is 0. The highest BCUT2D eigenvalue weighted by atomic mass is 19.4. The number of ketones is 1. The Morgan fingerprint density at radius 2 is 1.87 bits per heavy atom. The van der Waals surface area contributed by atoms with Gasteiger partial charge in [0.15, 0.2) is 0 Å². The van der Waals surface area contributed by atoms with Crippen molar-refractivity contribution >= 4 is 5.78 Å². The molecule has 0 aliphatic rings. The summed E-state index contributed by atoms with van der Waals surface area (Å²) in [5.74, 6) is -2.62. The summed E-state index contributed by atoms with van der Waals surface area (Å²) >= 11 is 0. The molecule has 0 saturated carbocycles. The first-order chi connectivity index (χ1) is 6.91. The number of rotatable bonds is 7. The topological polar surface area (TPSA) is 17.1 Å². The van der Waals surface area contributed by atoms with Crippen LogP contribution in [0.2, 0.25) is 0 Å². The lowest BCUT2D eigenvalue weighted by atomic mass is 10.00. The number of hydrogen-bond acceptors (Lipinski definition) is 1. The SMILES string of the molecule is CCCCCC(=O)CC(CF)C(F)(F)F. The number of carbonyl (C=O) groups is 1. The molecule has 0 heterocycles. The Labute approximate surface area is 86.8 Å². The van der Waals surface area contributed by atoms with Gasteiger partial charge >= 0.3 is 6.18 Å². The van der Waals surface area contributed by atoms with Crippen molar-refractivity contribution in [1.82, 2.24) is 0 Å². The zero-order chi connectivity index (χ0) is 11.9. The summed E-state index contributed by atoms with van der Waals surface area (Å²) < 4.78 is 48.3. The second-order valence-electron chi connectivity index (χ2n) is 3.59. The van der Waals surface area contributed by atoms with E-state index in [-0.39, 0.29) is 6.42 Å². The average Bonchev–Trinajstić information content (AvgIpc) is 2.12. The molecule has 0 saturated heterocycles. The molecule has 5 heteroatoms. The summed E-state index contributed by atoms with van der Waals surface area (Å²) in [6.45, 7) is 0.424. The molecule has 0 N–H and O–H groups in total. The van der Waals surface area contributed by atoms with Gasteiger partial charge in [0.1, 0.15) is 12.5 Å². The van der Waals surface area contributed by atoms with Gasteiger partial charge in [-0.2, -0.15) is 13.2 Å². The van der Waals surface area contributed by atoms with Crippen molar-refractivity contribution in [2.24, 2.45) is 5.92 Å². The van der Waals surface area contributed by atoms with Crippen molar-refractivity contribution in [2.75, 3.05) is 6.67 Å². The first-order valence-corrected chi connectivity index (χ1v) is 5.06. The van der Waals surface area contributed by atoms with Crippen LogP contribution in [0.15, 0.2) is 0 Å². The van der Waals surface area contributed by atoms with Gasteiger partial charge in [-0.1, -0.05) is 19.8 Å². The van der Waals surface area contributed by atoms with E-state index >= 15 is 0 Å². The van der Waals surface area contributed by atoms with Crippen molar-refractivity contribution in [3.05, 3.63) is 0 Å². The van der Waals surface area contributed by atoms with Gasteiger partial charge in [-0.25, -0.2) is 0 Å². The summed E-state index contributed by atoms with van der Waals surface area (Å²) in [5.41, 5.74) is 0. The Hall–Kier alpha value is -0.610. The van der Waals surface area contributed by atoms with E-state index < -0.39 is 31.0 Å². The Morgan fingerprint density at radius 1 is 1.27 bits per heavy atom. The Bertz CT molecular complexity index is 188. The second kappa shape index (κ2) is 6.80. The molecule has 0 fully saturated rings. The minimum Gasteiger partial charge on any atom is -0.300 e. The molecule has 15 heavy (non-hydrogen) atoms. The smallest absolute Gasteiger partial charge is 0.300 e. The van der Waals surface area contributed by atoms with Gasteiger partial charge in [0.25, 0.3) is 0 Å². The number of unbranched alkanes of at least 4 members (excludes halogenated alkanes) is 2. The number of hydrogen-bond donors (Lipinski definition) is 0. The fraction of sp³-hybridized carbons (Fsp3) is 0.900. The Balaban J connectivity index is 3.92. The average molecular weight is 228 g/mol. The molecule has 0 rings (SSSR count). The highest BCUT2D eigenvalue weighted by Crippen LogP contribution is 2.29. The first kappa shape index (κ1) is 14.4. The van der Waals surface area contributed by atoms with Gasteiger partial charge in [0.2, 0.25) is 0 Å². The Morgan fingerprint density at radius 3 is 2.27 bits per heavy atom. The maximum Gasteiger partial charge on any atom is 0.394 e. The predicted octanol–water partition coefficient (Wildman–Crippen LogP) is 3.67. The molecule has 1 nitrogen and oxygen atoms in total. The summed E-state index contributed by atoms with van der Waals surface area (Å²) in [7, 11) is 0. The molecule has 1 unspecified atom stereocenters. The first-order valence-electron chi connectivity index (χ1n) is 5.06. The van der Waals surface area contributed by atoms with Crippen LogP contribution < -0.4 is 0 Å². The van der Waals surface area contributed by atoms with E-state index in [2.05, 4.69) is 0 Å². The molecule has 0 spiro atoms. The molecular weight excluding hydrogens is 212 g/mol. The molecule has 0 radical (unpaired) electrons. The normalized spacial score (nSPS) is 13.9. The molecule has 0 aliphatic carbocycles. The van der Waals surface area contributed by atoms with Crippen LogP contribution in [0, 0.1) is 5.92 Å². The van der Waals surface area contributed by atoms with Crippen molar-refractivity contribution in [3.63, 3.8) is 0 Å². The third kappa shape index (κ3) is 6.47. The van der Waals surface area contributed by atoms with Crippen LogP contribution in [0.4, 0.5) is 17.6 Å². The zero-order valence-corrected chi connectivity index (χ0v) is 8.74. The fourth-order valence-corrected chi connectivity index (χ4v) is 1.21. The lowest BCUT2D eigenvalue weighted by Gasteiger charge is -2.15. The minimum absolute atomic E-state index is 0.125. The van der Waals surface area contributed by atoms with Gasteiger partial charge in [-0.3, -0.25) is 9.18 Å². The van der Waals surface area contributed by atoms with E-state index in [4.69, 9.17) is 0 Å². The monoisotopic (exact) mass is 228 g/mol. The van der Waals surface area contributed by atoms with Crippen molar-refractivity contribution in [3.8, 4) is 0 Å². The van der Waals surface area contributed by atoms with Crippen LogP contribution >= 0.6 is 0 Å². The van der Waals surface area contributed by atoms with Crippen LogP contribution in [0.1, 0.15) is 39.0 Å². The maximum absolute atomic E-state index is 12.1. The molecule has 0 bridgehead atoms. The minimum atomic E-state index is -4.60. The molecule has 0 aliphatic heterocycles. The van der Waals surface area contributed by atoms with Gasteiger partial charge in [0.05, 0.1) is 5.92 Å². The lowest BCUT2D eigenvalue weighted by Crippen LogP contribution is -2.27. The molecule has 1 atom stereocenters. The lowest BCUT2D eigenvalue weighted by molar-refractivity contribution is -0.182. The van der Waals surface area contributed by atoms with Crippen molar-refractivity contribution in [2.45, 2.75) is 45.2 Å². The summed E-state index contributed by atoms with van der Waals surface area (Å²) in [4.78, 5) is 11.1. The highest BCUT2D eigenvalue weighted by molar-refractivity contribution is 5.78. The van der Waals surface area contributed by atoms with Crippen molar-refractivity contribution in [1.29, 1.82) is 0 Å². The molecular formula is C10H16F4O. The number of carbonyl (C=O) groups excluding carboxylic acids is 1. The molecule has 0 aromatic rings. The third-order valence-electron chi connectivity index (χ3n) is 2.18. The highest BCUT2D eigenvalue weighted by Gasteiger charge is 2.40. The van der Waals surface area contributed by atoms with E-state index in [1.165, 1.54) is 0 Å². The van der Waals surface area contributed by atoms with Crippen molar-refractivity contribution < 1.29 is 22.4 Å². The van der Waals surface area contributed by atoms with Crippen LogP contribution in [0.5, 0.6) is 0 Å². The van der Waals surface area contributed by atoms with E-state index in [1.807, 2.05) is 6.92 Å². The maximum atomic E-state index is 12.1.